The number of aromatic nitrogens is 2. The summed E-state index contributed by atoms with van der Waals surface area (Å²) >= 11 is 0. The third kappa shape index (κ3) is 2.78. The molecule has 0 radical (unpaired) electrons. The highest BCUT2D eigenvalue weighted by Gasteiger charge is 2.17. The van der Waals surface area contributed by atoms with Crippen molar-refractivity contribution in [1.29, 1.82) is 0 Å². The summed E-state index contributed by atoms with van der Waals surface area (Å²) in [6.07, 6.45) is 3.19. The van der Waals surface area contributed by atoms with Crippen molar-refractivity contribution in [2.24, 2.45) is 0 Å². The van der Waals surface area contributed by atoms with Gasteiger partial charge in [0, 0.05) is 13.6 Å². The third-order valence-corrected chi connectivity index (χ3v) is 2.83. The number of anilines is 2. The molecular formula is C13H18N4O2. The highest BCUT2D eigenvalue weighted by atomic mass is 16.5. The quantitative estimate of drug-likeness (QED) is 0.860. The Morgan fingerprint density at radius 2 is 2.26 bits per heavy atom. The summed E-state index contributed by atoms with van der Waals surface area (Å²) in [5.74, 6) is 2.94. The first kappa shape index (κ1) is 13.2. The molecule has 0 atom stereocenters. The fourth-order valence-corrected chi connectivity index (χ4v) is 1.88. The zero-order chi connectivity index (χ0) is 13.7. The molecule has 0 spiro atoms. The fourth-order valence-electron chi connectivity index (χ4n) is 1.88. The van der Waals surface area contributed by atoms with E-state index in [0.717, 1.165) is 18.1 Å². The lowest BCUT2D eigenvalue weighted by Gasteiger charge is -2.23. The Balaban J connectivity index is 2.32. The molecule has 0 aromatic carbocycles. The van der Waals surface area contributed by atoms with Gasteiger partial charge in [0.15, 0.2) is 11.6 Å². The van der Waals surface area contributed by atoms with Gasteiger partial charge in [-0.2, -0.15) is 0 Å². The summed E-state index contributed by atoms with van der Waals surface area (Å²) in [4.78, 5) is 10.5. The van der Waals surface area contributed by atoms with Gasteiger partial charge >= 0.3 is 0 Å². The number of hydrogen-bond donors (Lipinski definition) is 1. The predicted molar refractivity (Wildman–Crippen MR) is 73.6 cm³/mol. The summed E-state index contributed by atoms with van der Waals surface area (Å²) < 4.78 is 10.8. The van der Waals surface area contributed by atoms with Crippen molar-refractivity contribution in [2.75, 3.05) is 30.9 Å². The largest absolute Gasteiger partial charge is 0.490 e. The average molecular weight is 262 g/mol. The highest BCUT2D eigenvalue weighted by molar-refractivity contribution is 5.64. The van der Waals surface area contributed by atoms with Crippen LogP contribution in [0.4, 0.5) is 11.6 Å². The number of nitrogens with one attached hydrogen (secondary N) is 1. The zero-order valence-electron chi connectivity index (χ0n) is 11.4. The van der Waals surface area contributed by atoms with Crippen LogP contribution in [0, 0.1) is 0 Å². The van der Waals surface area contributed by atoms with Crippen molar-refractivity contribution in [2.45, 2.75) is 13.5 Å². The molecule has 6 heteroatoms. The second-order valence-electron chi connectivity index (χ2n) is 3.92. The number of hydrogen-bond acceptors (Lipinski definition) is 6. The maximum atomic E-state index is 5.41. The van der Waals surface area contributed by atoms with Gasteiger partial charge < -0.3 is 19.4 Å². The van der Waals surface area contributed by atoms with Crippen molar-refractivity contribution in [1.82, 2.24) is 9.97 Å². The van der Waals surface area contributed by atoms with Gasteiger partial charge in [-0.15, -0.1) is 0 Å². The molecule has 102 valence electrons. The number of ether oxygens (including phenoxy) is 1. The molecule has 2 heterocycles. The number of nitrogens with zero attached hydrogens (tertiary/aromatic N) is 3. The SMILES string of the molecule is CCN(Cc1ccco1)c1ncnc(NC)c1OC. The van der Waals surface area contributed by atoms with Crippen LogP contribution < -0.4 is 15.0 Å². The number of methoxy groups -OCH3 is 1. The van der Waals surface area contributed by atoms with Crippen LogP contribution in [0.2, 0.25) is 0 Å². The predicted octanol–water partition coefficient (Wildman–Crippen LogP) is 2.15. The Morgan fingerprint density at radius 3 is 2.84 bits per heavy atom. The minimum Gasteiger partial charge on any atom is -0.490 e. The van der Waals surface area contributed by atoms with Crippen molar-refractivity contribution in [3.8, 4) is 5.75 Å². The van der Waals surface area contributed by atoms with Gasteiger partial charge in [-0.3, -0.25) is 0 Å². The number of rotatable bonds is 6. The van der Waals surface area contributed by atoms with Crippen LogP contribution in [-0.4, -0.2) is 30.7 Å². The molecule has 0 saturated carbocycles. The third-order valence-electron chi connectivity index (χ3n) is 2.83. The van der Waals surface area contributed by atoms with Crippen LogP contribution in [0.5, 0.6) is 5.75 Å². The van der Waals surface area contributed by atoms with Gasteiger partial charge in [-0.1, -0.05) is 0 Å². The van der Waals surface area contributed by atoms with E-state index < -0.39 is 0 Å². The smallest absolute Gasteiger partial charge is 0.204 e. The van der Waals surface area contributed by atoms with E-state index in [2.05, 4.69) is 27.1 Å². The molecule has 0 saturated heterocycles. The van der Waals surface area contributed by atoms with Gasteiger partial charge in [-0.05, 0) is 19.1 Å². The molecule has 0 bridgehead atoms. The van der Waals surface area contributed by atoms with Crippen LogP contribution in [0.15, 0.2) is 29.1 Å². The molecule has 6 nitrogen and oxygen atoms in total. The molecule has 2 rings (SSSR count). The lowest BCUT2D eigenvalue weighted by atomic mass is 10.3. The second kappa shape index (κ2) is 6.08. The van der Waals surface area contributed by atoms with Crippen molar-refractivity contribution < 1.29 is 9.15 Å². The van der Waals surface area contributed by atoms with Gasteiger partial charge in [0.2, 0.25) is 5.75 Å². The summed E-state index contributed by atoms with van der Waals surface area (Å²) in [7, 11) is 3.42. The standard InChI is InChI=1S/C13H18N4O2/c1-4-17(8-10-6-5-7-19-10)13-11(18-3)12(14-2)15-9-16-13/h5-7,9H,4,8H2,1-3H3,(H,14,15,16). The Hall–Kier alpha value is -2.24. The van der Waals surface area contributed by atoms with Gasteiger partial charge in [0.25, 0.3) is 0 Å². The average Bonchev–Trinajstić information content (AvgIpc) is 2.96. The van der Waals surface area contributed by atoms with E-state index in [1.165, 1.54) is 6.33 Å². The van der Waals surface area contributed by atoms with E-state index in [0.29, 0.717) is 18.1 Å². The molecule has 0 fully saturated rings. The first-order valence-corrected chi connectivity index (χ1v) is 6.14. The molecule has 19 heavy (non-hydrogen) atoms. The van der Waals surface area contributed by atoms with Crippen molar-refractivity contribution in [3.05, 3.63) is 30.5 Å². The van der Waals surface area contributed by atoms with Crippen molar-refractivity contribution in [3.63, 3.8) is 0 Å². The van der Waals surface area contributed by atoms with Crippen LogP contribution in [-0.2, 0) is 6.54 Å². The Labute approximate surface area is 112 Å². The Morgan fingerprint density at radius 1 is 1.42 bits per heavy atom. The Bertz CT molecular complexity index is 513. The first-order chi connectivity index (χ1) is 9.30. The molecule has 0 aliphatic rings. The molecule has 1 N–H and O–H groups in total. The van der Waals surface area contributed by atoms with E-state index in [4.69, 9.17) is 9.15 Å². The molecule has 2 aromatic heterocycles. The minimum atomic E-state index is 0.637. The maximum absolute atomic E-state index is 5.41. The van der Waals surface area contributed by atoms with E-state index >= 15 is 0 Å². The lowest BCUT2D eigenvalue weighted by Crippen LogP contribution is -2.24. The van der Waals surface area contributed by atoms with E-state index in [-0.39, 0.29) is 0 Å². The van der Waals surface area contributed by atoms with Gasteiger partial charge in [-0.25, -0.2) is 9.97 Å². The van der Waals surface area contributed by atoms with Gasteiger partial charge in [0.05, 0.1) is 19.9 Å². The highest BCUT2D eigenvalue weighted by Crippen LogP contribution is 2.32. The Kier molecular flexibility index (Phi) is 4.22. The normalized spacial score (nSPS) is 10.3. The fraction of sp³-hybridized carbons (Fsp3) is 0.385. The first-order valence-electron chi connectivity index (χ1n) is 6.14. The summed E-state index contributed by atoms with van der Waals surface area (Å²) in [5, 5.41) is 3.00. The summed E-state index contributed by atoms with van der Waals surface area (Å²) in [6, 6.07) is 3.81. The topological polar surface area (TPSA) is 63.4 Å². The van der Waals surface area contributed by atoms with Crippen LogP contribution in [0.1, 0.15) is 12.7 Å². The summed E-state index contributed by atoms with van der Waals surface area (Å²) in [6.45, 7) is 3.49. The van der Waals surface area contributed by atoms with E-state index in [1.807, 2.05) is 12.1 Å². The molecule has 0 aliphatic carbocycles. The summed E-state index contributed by atoms with van der Waals surface area (Å²) in [5.41, 5.74) is 0. The van der Waals surface area contributed by atoms with Crippen molar-refractivity contribution >= 4 is 11.6 Å². The molecule has 2 aromatic rings. The molecule has 0 amide bonds. The second-order valence-corrected chi connectivity index (χ2v) is 3.92. The maximum Gasteiger partial charge on any atom is 0.204 e. The molecule has 0 unspecified atom stereocenters. The van der Waals surface area contributed by atoms with E-state index in [1.54, 1.807) is 20.4 Å². The molecule has 0 aliphatic heterocycles. The van der Waals surface area contributed by atoms with Crippen LogP contribution >= 0.6 is 0 Å². The van der Waals surface area contributed by atoms with Crippen LogP contribution in [0.25, 0.3) is 0 Å². The molecular weight excluding hydrogens is 244 g/mol. The lowest BCUT2D eigenvalue weighted by molar-refractivity contribution is 0.411. The monoisotopic (exact) mass is 262 g/mol. The zero-order valence-corrected chi connectivity index (χ0v) is 11.4. The van der Waals surface area contributed by atoms with E-state index in [9.17, 15) is 0 Å². The minimum absolute atomic E-state index is 0.637. The van der Waals surface area contributed by atoms with Crippen LogP contribution in [0.3, 0.4) is 0 Å². The van der Waals surface area contributed by atoms with Gasteiger partial charge in [0.1, 0.15) is 12.1 Å². The number of furan rings is 1.